The quantitative estimate of drug-likeness (QED) is 0.270. The van der Waals surface area contributed by atoms with Gasteiger partial charge in [0.1, 0.15) is 0 Å². The smallest absolute Gasteiger partial charge is 0.269 e. The Morgan fingerprint density at radius 3 is 2.40 bits per heavy atom. The van der Waals surface area contributed by atoms with Gasteiger partial charge in [0.2, 0.25) is 5.91 Å². The molecule has 3 aromatic rings. The highest BCUT2D eigenvalue weighted by atomic mass is 32.2. The molecule has 0 aliphatic heterocycles. The highest BCUT2D eigenvalue weighted by Gasteiger charge is 2.12. The lowest BCUT2D eigenvalue weighted by molar-refractivity contribution is -0.384. The van der Waals surface area contributed by atoms with Crippen LogP contribution in [0.5, 0.6) is 0 Å². The molecule has 0 bridgehead atoms. The van der Waals surface area contributed by atoms with Crippen molar-refractivity contribution in [3.8, 4) is 11.3 Å². The molecule has 0 atom stereocenters. The van der Waals surface area contributed by atoms with E-state index in [1.807, 2.05) is 43.3 Å². The Labute approximate surface area is 176 Å². The number of amides is 2. The molecule has 2 N–H and O–H groups in total. The molecule has 0 aliphatic carbocycles. The molecule has 1 heterocycles. The summed E-state index contributed by atoms with van der Waals surface area (Å²) in [7, 11) is 0. The number of thioether (sulfide) groups is 1. The van der Waals surface area contributed by atoms with Crippen LogP contribution in [-0.2, 0) is 4.79 Å². The van der Waals surface area contributed by atoms with Crippen LogP contribution in [0.2, 0.25) is 0 Å². The molecule has 0 saturated heterocycles. The lowest BCUT2D eigenvalue weighted by atomic mass is 10.1. The Morgan fingerprint density at radius 1 is 1.03 bits per heavy atom. The zero-order chi connectivity index (χ0) is 21.5. The van der Waals surface area contributed by atoms with Crippen molar-refractivity contribution in [3.05, 3.63) is 82.0 Å². The van der Waals surface area contributed by atoms with Gasteiger partial charge in [-0.2, -0.15) is 0 Å². The lowest BCUT2D eigenvalue weighted by Crippen LogP contribution is -2.42. The Balaban J connectivity index is 1.54. The Hall–Kier alpha value is -3.79. The summed E-state index contributed by atoms with van der Waals surface area (Å²) < 4.78 is 0. The fourth-order valence-electron chi connectivity index (χ4n) is 2.46. The largest absolute Gasteiger partial charge is 0.272 e. The number of nitrogens with one attached hydrogen (secondary N) is 2. The second-order valence-corrected chi connectivity index (χ2v) is 7.08. The fraction of sp³-hybridized carbons (Fsp3) is 0.100. The van der Waals surface area contributed by atoms with Crippen LogP contribution in [0.25, 0.3) is 11.3 Å². The van der Waals surface area contributed by atoms with E-state index in [2.05, 4.69) is 20.8 Å². The van der Waals surface area contributed by atoms with Gasteiger partial charge in [0.15, 0.2) is 5.16 Å². The number of hydrogen-bond acceptors (Lipinski definition) is 7. The van der Waals surface area contributed by atoms with E-state index < -0.39 is 16.7 Å². The number of rotatable bonds is 6. The predicted molar refractivity (Wildman–Crippen MR) is 112 cm³/mol. The van der Waals surface area contributed by atoms with Gasteiger partial charge in [-0.3, -0.25) is 30.6 Å². The topological polar surface area (TPSA) is 127 Å². The predicted octanol–water partition coefficient (Wildman–Crippen LogP) is 2.91. The summed E-state index contributed by atoms with van der Waals surface area (Å²) in [6.07, 6.45) is 0. The number of carbonyl (C=O) groups excluding carboxylic acids is 2. The number of non-ortho nitro benzene ring substituents is 1. The van der Waals surface area contributed by atoms with Gasteiger partial charge in [0, 0.05) is 29.0 Å². The third kappa shape index (κ3) is 5.61. The van der Waals surface area contributed by atoms with Gasteiger partial charge in [-0.15, -0.1) is 0 Å². The van der Waals surface area contributed by atoms with Crippen LogP contribution in [-0.4, -0.2) is 32.5 Å². The van der Waals surface area contributed by atoms with Crippen molar-refractivity contribution in [1.82, 2.24) is 20.8 Å². The molecular weight excluding hydrogens is 406 g/mol. The van der Waals surface area contributed by atoms with Crippen molar-refractivity contribution >= 4 is 29.3 Å². The van der Waals surface area contributed by atoms with Crippen molar-refractivity contribution in [3.63, 3.8) is 0 Å². The van der Waals surface area contributed by atoms with Crippen molar-refractivity contribution in [1.29, 1.82) is 0 Å². The van der Waals surface area contributed by atoms with Crippen molar-refractivity contribution in [2.45, 2.75) is 12.1 Å². The number of aromatic nitrogens is 2. The fourth-order valence-corrected chi connectivity index (χ4v) is 3.17. The first-order valence-electron chi connectivity index (χ1n) is 8.80. The second kappa shape index (κ2) is 9.61. The summed E-state index contributed by atoms with van der Waals surface area (Å²) in [6, 6.07) is 16.5. The monoisotopic (exact) mass is 423 g/mol. The molecule has 3 rings (SSSR count). The zero-order valence-corrected chi connectivity index (χ0v) is 16.7. The number of nitro groups is 1. The minimum Gasteiger partial charge on any atom is -0.272 e. The number of hydrazine groups is 1. The summed E-state index contributed by atoms with van der Waals surface area (Å²) in [5.41, 5.74) is 7.12. The molecule has 1 aromatic heterocycles. The van der Waals surface area contributed by atoms with E-state index in [0.717, 1.165) is 28.7 Å². The van der Waals surface area contributed by atoms with E-state index in [1.54, 1.807) is 0 Å². The van der Waals surface area contributed by atoms with Gasteiger partial charge in [0.25, 0.3) is 11.6 Å². The van der Waals surface area contributed by atoms with Crippen LogP contribution in [0.1, 0.15) is 16.1 Å². The van der Waals surface area contributed by atoms with Gasteiger partial charge in [-0.1, -0.05) is 42.1 Å². The van der Waals surface area contributed by atoms with E-state index in [1.165, 1.54) is 24.3 Å². The molecule has 0 aliphatic rings. The van der Waals surface area contributed by atoms with Crippen LogP contribution in [0, 0.1) is 17.0 Å². The van der Waals surface area contributed by atoms with E-state index in [0.29, 0.717) is 5.16 Å². The molecular formula is C20H17N5O4S. The number of nitro benzene ring substituents is 1. The number of nitrogens with zero attached hydrogens (tertiary/aromatic N) is 3. The Morgan fingerprint density at radius 2 is 1.73 bits per heavy atom. The minimum atomic E-state index is -0.582. The first kappa shape index (κ1) is 20.9. The summed E-state index contributed by atoms with van der Waals surface area (Å²) in [5.74, 6) is -1.03. The van der Waals surface area contributed by atoms with Crippen molar-refractivity contribution < 1.29 is 14.5 Å². The van der Waals surface area contributed by atoms with E-state index in [-0.39, 0.29) is 17.0 Å². The standard InChI is InChI=1S/C20H17N5O4S/c1-13-11-17(14-5-3-2-4-6-14)22-20(21-13)30-12-18(26)23-24-19(27)15-7-9-16(10-8-15)25(28)29/h2-11H,12H2,1H3,(H,23,26)(H,24,27). The van der Waals surface area contributed by atoms with Gasteiger partial charge in [0.05, 0.1) is 16.4 Å². The van der Waals surface area contributed by atoms with Crippen LogP contribution < -0.4 is 10.9 Å². The van der Waals surface area contributed by atoms with Gasteiger partial charge < -0.3 is 0 Å². The van der Waals surface area contributed by atoms with E-state index >= 15 is 0 Å². The highest BCUT2D eigenvalue weighted by molar-refractivity contribution is 7.99. The molecule has 2 aromatic carbocycles. The molecule has 10 heteroatoms. The molecule has 0 radical (unpaired) electrons. The van der Waals surface area contributed by atoms with E-state index in [9.17, 15) is 19.7 Å². The Kier molecular flexibility index (Phi) is 6.71. The number of aryl methyl sites for hydroxylation is 1. The average molecular weight is 423 g/mol. The van der Waals surface area contributed by atoms with E-state index in [4.69, 9.17) is 0 Å². The number of hydrogen-bond donors (Lipinski definition) is 2. The summed E-state index contributed by atoms with van der Waals surface area (Å²) >= 11 is 1.14. The maximum absolute atomic E-state index is 12.0. The van der Waals surface area contributed by atoms with Gasteiger partial charge in [-0.25, -0.2) is 9.97 Å². The second-order valence-electron chi connectivity index (χ2n) is 6.14. The molecule has 0 unspecified atom stereocenters. The highest BCUT2D eigenvalue weighted by Crippen LogP contribution is 2.21. The van der Waals surface area contributed by atoms with Crippen molar-refractivity contribution in [2.75, 3.05) is 5.75 Å². The maximum atomic E-state index is 12.0. The number of carbonyl (C=O) groups is 2. The summed E-state index contributed by atoms with van der Waals surface area (Å²) in [6.45, 7) is 1.85. The van der Waals surface area contributed by atoms with Gasteiger partial charge >= 0.3 is 0 Å². The third-order valence-corrected chi connectivity index (χ3v) is 4.74. The van der Waals surface area contributed by atoms with Crippen LogP contribution >= 0.6 is 11.8 Å². The maximum Gasteiger partial charge on any atom is 0.269 e. The molecule has 0 saturated carbocycles. The van der Waals surface area contributed by atoms with Gasteiger partial charge in [-0.05, 0) is 25.1 Å². The SMILES string of the molecule is Cc1cc(-c2ccccc2)nc(SCC(=O)NNC(=O)c2ccc([N+](=O)[O-])cc2)n1. The Bertz CT molecular complexity index is 1070. The zero-order valence-electron chi connectivity index (χ0n) is 15.9. The minimum absolute atomic E-state index is 0.00176. The first-order chi connectivity index (χ1) is 14.4. The molecule has 0 spiro atoms. The van der Waals surface area contributed by atoms with Crippen LogP contribution in [0.4, 0.5) is 5.69 Å². The van der Waals surface area contributed by atoms with Crippen molar-refractivity contribution in [2.24, 2.45) is 0 Å². The normalized spacial score (nSPS) is 10.3. The molecule has 9 nitrogen and oxygen atoms in total. The number of benzene rings is 2. The molecule has 30 heavy (non-hydrogen) atoms. The van der Waals surface area contributed by atoms with Crippen LogP contribution in [0.15, 0.2) is 65.8 Å². The lowest BCUT2D eigenvalue weighted by Gasteiger charge is -2.08. The average Bonchev–Trinajstić information content (AvgIpc) is 2.76. The summed E-state index contributed by atoms with van der Waals surface area (Å²) in [4.78, 5) is 42.9. The first-order valence-corrected chi connectivity index (χ1v) is 9.78. The molecule has 0 fully saturated rings. The van der Waals surface area contributed by atoms with Crippen LogP contribution in [0.3, 0.4) is 0 Å². The third-order valence-electron chi connectivity index (χ3n) is 3.89. The molecule has 2 amide bonds. The molecule has 152 valence electrons. The summed E-state index contributed by atoms with van der Waals surface area (Å²) in [5, 5.41) is 11.1.